The zero-order chi connectivity index (χ0) is 15.5. The van der Waals surface area contributed by atoms with E-state index in [4.69, 9.17) is 4.74 Å². The maximum Gasteiger partial charge on any atom is 0.123 e. The average Bonchev–Trinajstić information content (AvgIpc) is 3.03. The molecule has 1 saturated heterocycles. The minimum atomic E-state index is 0.340. The van der Waals surface area contributed by atoms with Crippen LogP contribution in [-0.2, 0) is 19.4 Å². The van der Waals surface area contributed by atoms with Gasteiger partial charge in [0.15, 0.2) is 0 Å². The number of aryl methyl sites for hydroxylation is 1. The fraction of sp³-hybridized carbons (Fsp3) is 0.429. The van der Waals surface area contributed by atoms with Crippen molar-refractivity contribution in [2.24, 2.45) is 0 Å². The summed E-state index contributed by atoms with van der Waals surface area (Å²) in [6.45, 7) is 3.21. The molecule has 1 heterocycles. The van der Waals surface area contributed by atoms with E-state index in [9.17, 15) is 0 Å². The SMILES string of the molecule is c1ccc(CN2CCC(Oc3cccc4c3CCCC4)C2)cc1. The molecule has 23 heavy (non-hydrogen) atoms. The van der Waals surface area contributed by atoms with E-state index in [1.165, 1.54) is 42.4 Å². The van der Waals surface area contributed by atoms with Crippen molar-refractivity contribution >= 4 is 0 Å². The zero-order valence-electron chi connectivity index (χ0n) is 13.7. The summed E-state index contributed by atoms with van der Waals surface area (Å²) in [4.78, 5) is 2.51. The first-order valence-electron chi connectivity index (χ1n) is 8.92. The van der Waals surface area contributed by atoms with Crippen molar-refractivity contribution in [1.29, 1.82) is 0 Å². The number of ether oxygens (including phenoxy) is 1. The summed E-state index contributed by atoms with van der Waals surface area (Å²) >= 11 is 0. The molecule has 0 spiro atoms. The van der Waals surface area contributed by atoms with Gasteiger partial charge in [-0.1, -0.05) is 42.5 Å². The lowest BCUT2D eigenvalue weighted by Crippen LogP contribution is -2.25. The zero-order valence-corrected chi connectivity index (χ0v) is 13.7. The predicted molar refractivity (Wildman–Crippen MR) is 93.8 cm³/mol. The second kappa shape index (κ2) is 6.76. The maximum absolute atomic E-state index is 6.40. The summed E-state index contributed by atoms with van der Waals surface area (Å²) in [5.74, 6) is 1.15. The van der Waals surface area contributed by atoms with Gasteiger partial charge in [-0.3, -0.25) is 4.90 Å². The molecule has 0 bridgehead atoms. The van der Waals surface area contributed by atoms with Gasteiger partial charge in [-0.05, 0) is 54.9 Å². The smallest absolute Gasteiger partial charge is 0.123 e. The molecule has 0 aromatic heterocycles. The van der Waals surface area contributed by atoms with Crippen LogP contribution >= 0.6 is 0 Å². The number of rotatable bonds is 4. The number of benzene rings is 2. The van der Waals surface area contributed by atoms with Gasteiger partial charge >= 0.3 is 0 Å². The molecular weight excluding hydrogens is 282 g/mol. The monoisotopic (exact) mass is 307 g/mol. The van der Waals surface area contributed by atoms with Crippen LogP contribution in [0.15, 0.2) is 48.5 Å². The average molecular weight is 307 g/mol. The van der Waals surface area contributed by atoms with Crippen molar-refractivity contribution in [3.05, 3.63) is 65.2 Å². The van der Waals surface area contributed by atoms with E-state index in [2.05, 4.69) is 53.4 Å². The summed E-state index contributed by atoms with van der Waals surface area (Å²) in [5, 5.41) is 0. The largest absolute Gasteiger partial charge is 0.489 e. The Balaban J connectivity index is 1.39. The molecule has 0 N–H and O–H groups in total. The Morgan fingerprint density at radius 1 is 0.957 bits per heavy atom. The normalized spacial score (nSPS) is 21.1. The molecule has 2 nitrogen and oxygen atoms in total. The third-order valence-corrected chi connectivity index (χ3v) is 5.12. The molecule has 0 amide bonds. The molecule has 1 unspecified atom stereocenters. The molecule has 2 aliphatic rings. The van der Waals surface area contributed by atoms with Gasteiger partial charge < -0.3 is 4.74 Å². The first kappa shape index (κ1) is 14.8. The number of likely N-dealkylation sites (tertiary alicyclic amines) is 1. The molecule has 1 fully saturated rings. The Labute approximate surface area is 139 Å². The fourth-order valence-electron chi connectivity index (χ4n) is 3.91. The molecule has 120 valence electrons. The Hall–Kier alpha value is -1.80. The van der Waals surface area contributed by atoms with Crippen molar-refractivity contribution in [2.75, 3.05) is 13.1 Å². The van der Waals surface area contributed by atoms with E-state index in [1.54, 1.807) is 0 Å². The van der Waals surface area contributed by atoms with Crippen LogP contribution in [0.2, 0.25) is 0 Å². The van der Waals surface area contributed by atoms with Gasteiger partial charge in [0.05, 0.1) is 0 Å². The van der Waals surface area contributed by atoms with Crippen LogP contribution in [0.4, 0.5) is 0 Å². The Bertz CT molecular complexity index is 652. The highest BCUT2D eigenvalue weighted by molar-refractivity contribution is 5.41. The van der Waals surface area contributed by atoms with Gasteiger partial charge in [0, 0.05) is 19.6 Å². The van der Waals surface area contributed by atoms with E-state index < -0.39 is 0 Å². The number of nitrogens with zero attached hydrogens (tertiary/aromatic N) is 1. The minimum Gasteiger partial charge on any atom is -0.489 e. The molecule has 4 rings (SSSR count). The molecule has 1 atom stereocenters. The number of hydrogen-bond donors (Lipinski definition) is 0. The summed E-state index contributed by atoms with van der Waals surface area (Å²) < 4.78 is 6.40. The van der Waals surface area contributed by atoms with Crippen LogP contribution in [0.25, 0.3) is 0 Å². The van der Waals surface area contributed by atoms with Crippen LogP contribution in [-0.4, -0.2) is 24.1 Å². The molecule has 0 radical (unpaired) electrons. The number of hydrogen-bond acceptors (Lipinski definition) is 2. The topological polar surface area (TPSA) is 12.5 Å². The highest BCUT2D eigenvalue weighted by atomic mass is 16.5. The van der Waals surface area contributed by atoms with E-state index in [0.717, 1.165) is 31.8 Å². The summed E-state index contributed by atoms with van der Waals surface area (Å²) in [5.41, 5.74) is 4.37. The molecule has 1 aliphatic heterocycles. The van der Waals surface area contributed by atoms with E-state index in [-0.39, 0.29) is 0 Å². The maximum atomic E-state index is 6.40. The lowest BCUT2D eigenvalue weighted by Gasteiger charge is -2.22. The second-order valence-electron chi connectivity index (χ2n) is 6.85. The van der Waals surface area contributed by atoms with Crippen LogP contribution in [0, 0.1) is 0 Å². The van der Waals surface area contributed by atoms with E-state index in [1.807, 2.05) is 0 Å². The first-order valence-corrected chi connectivity index (χ1v) is 8.92. The fourth-order valence-corrected chi connectivity index (χ4v) is 3.91. The van der Waals surface area contributed by atoms with Gasteiger partial charge in [-0.25, -0.2) is 0 Å². The molecule has 0 saturated carbocycles. The molecular formula is C21H25NO. The summed E-state index contributed by atoms with van der Waals surface area (Å²) in [6, 6.07) is 17.4. The third-order valence-electron chi connectivity index (χ3n) is 5.12. The highest BCUT2D eigenvalue weighted by Gasteiger charge is 2.25. The highest BCUT2D eigenvalue weighted by Crippen LogP contribution is 2.31. The lowest BCUT2D eigenvalue weighted by molar-refractivity contribution is 0.196. The molecule has 2 aromatic carbocycles. The first-order chi connectivity index (χ1) is 11.4. The Morgan fingerprint density at radius 3 is 2.74 bits per heavy atom. The van der Waals surface area contributed by atoms with Crippen LogP contribution in [0.5, 0.6) is 5.75 Å². The van der Waals surface area contributed by atoms with Gasteiger partial charge in [0.25, 0.3) is 0 Å². The molecule has 2 heteroatoms. The minimum absolute atomic E-state index is 0.340. The molecule has 1 aliphatic carbocycles. The Kier molecular flexibility index (Phi) is 4.34. The van der Waals surface area contributed by atoms with Gasteiger partial charge in [-0.15, -0.1) is 0 Å². The van der Waals surface area contributed by atoms with E-state index in [0.29, 0.717) is 6.10 Å². The van der Waals surface area contributed by atoms with Crippen LogP contribution < -0.4 is 4.74 Å². The Morgan fingerprint density at radius 2 is 1.83 bits per heavy atom. The van der Waals surface area contributed by atoms with Crippen LogP contribution in [0.1, 0.15) is 36.0 Å². The van der Waals surface area contributed by atoms with Crippen molar-refractivity contribution in [2.45, 2.75) is 44.8 Å². The van der Waals surface area contributed by atoms with Crippen molar-refractivity contribution in [1.82, 2.24) is 4.90 Å². The summed E-state index contributed by atoms with van der Waals surface area (Å²) in [7, 11) is 0. The van der Waals surface area contributed by atoms with Gasteiger partial charge in [0.1, 0.15) is 11.9 Å². The summed E-state index contributed by atoms with van der Waals surface area (Å²) in [6.07, 6.45) is 6.51. The predicted octanol–water partition coefficient (Wildman–Crippen LogP) is 4.22. The van der Waals surface area contributed by atoms with Crippen molar-refractivity contribution < 1.29 is 4.74 Å². The standard InChI is InChI=1S/C21H25NO/c1-2-7-17(8-3-1)15-22-14-13-19(16-22)23-21-12-6-10-18-9-4-5-11-20(18)21/h1-3,6-8,10,12,19H,4-5,9,11,13-16H2. The lowest BCUT2D eigenvalue weighted by atomic mass is 9.91. The van der Waals surface area contributed by atoms with E-state index >= 15 is 0 Å². The van der Waals surface area contributed by atoms with Gasteiger partial charge in [-0.2, -0.15) is 0 Å². The quantitative estimate of drug-likeness (QED) is 0.838. The van der Waals surface area contributed by atoms with Crippen LogP contribution in [0.3, 0.4) is 0 Å². The number of fused-ring (bicyclic) bond motifs is 1. The van der Waals surface area contributed by atoms with Crippen molar-refractivity contribution in [3.8, 4) is 5.75 Å². The second-order valence-corrected chi connectivity index (χ2v) is 6.85. The third kappa shape index (κ3) is 3.42. The molecule has 2 aromatic rings. The van der Waals surface area contributed by atoms with Crippen molar-refractivity contribution in [3.63, 3.8) is 0 Å². The van der Waals surface area contributed by atoms with Gasteiger partial charge in [0.2, 0.25) is 0 Å².